The van der Waals surface area contributed by atoms with Crippen molar-refractivity contribution < 1.29 is 4.79 Å². The highest BCUT2D eigenvalue weighted by atomic mass is 32.2. The zero-order valence-corrected chi connectivity index (χ0v) is 15.7. The number of carbonyl (C=O) groups is 1. The maximum absolute atomic E-state index is 12.2. The van der Waals surface area contributed by atoms with Gasteiger partial charge in [-0.2, -0.15) is 0 Å². The smallest absolute Gasteiger partial charge is 0.230 e. The molecule has 1 unspecified atom stereocenters. The molecule has 128 valence electrons. The highest BCUT2D eigenvalue weighted by Crippen LogP contribution is 2.23. The number of carbonyl (C=O) groups excluding carboxylic acids is 1. The first kappa shape index (κ1) is 18.6. The molecule has 2 rings (SSSR count). The molecule has 2 aromatic rings. The SMILES string of the molecule is Cc1ccc(C)c(SCC(=O)NCC(c2ccccc2)N(C)C)c1. The molecule has 0 radical (unpaired) electrons. The Morgan fingerprint density at radius 1 is 1.12 bits per heavy atom. The minimum Gasteiger partial charge on any atom is -0.353 e. The first-order chi connectivity index (χ1) is 11.5. The average molecular weight is 343 g/mol. The molecular weight excluding hydrogens is 316 g/mol. The standard InChI is InChI=1S/C20H26N2OS/c1-15-10-11-16(2)19(12-15)24-14-20(23)21-13-18(22(3)4)17-8-6-5-7-9-17/h5-12,18H,13-14H2,1-4H3,(H,21,23). The molecule has 0 heterocycles. The third-order valence-corrected chi connectivity index (χ3v) is 5.16. The van der Waals surface area contributed by atoms with Gasteiger partial charge in [0.25, 0.3) is 0 Å². The minimum atomic E-state index is 0.0729. The molecule has 1 N–H and O–H groups in total. The number of amides is 1. The monoisotopic (exact) mass is 342 g/mol. The van der Waals surface area contributed by atoms with Crippen LogP contribution in [0.15, 0.2) is 53.4 Å². The number of hydrogen-bond donors (Lipinski definition) is 1. The number of nitrogens with one attached hydrogen (secondary N) is 1. The van der Waals surface area contributed by atoms with E-state index in [0.717, 1.165) is 0 Å². The second-order valence-corrected chi connectivity index (χ2v) is 7.27. The van der Waals surface area contributed by atoms with E-state index in [2.05, 4.69) is 54.4 Å². The van der Waals surface area contributed by atoms with Gasteiger partial charge in [0.1, 0.15) is 0 Å². The van der Waals surface area contributed by atoms with Crippen molar-refractivity contribution in [3.05, 3.63) is 65.2 Å². The topological polar surface area (TPSA) is 32.3 Å². The van der Waals surface area contributed by atoms with Crippen LogP contribution in [0.25, 0.3) is 0 Å². The third kappa shape index (κ3) is 5.39. The highest BCUT2D eigenvalue weighted by molar-refractivity contribution is 8.00. The van der Waals surface area contributed by atoms with E-state index in [1.807, 2.05) is 32.3 Å². The van der Waals surface area contributed by atoms with E-state index in [1.54, 1.807) is 11.8 Å². The Labute approximate surface area is 149 Å². The van der Waals surface area contributed by atoms with Crippen LogP contribution in [-0.4, -0.2) is 37.2 Å². The fourth-order valence-corrected chi connectivity index (χ4v) is 3.50. The van der Waals surface area contributed by atoms with E-state index in [4.69, 9.17) is 0 Å². The summed E-state index contributed by atoms with van der Waals surface area (Å²) >= 11 is 1.60. The lowest BCUT2D eigenvalue weighted by Gasteiger charge is -2.25. The number of rotatable bonds is 7. The molecule has 0 aliphatic rings. The first-order valence-corrected chi connectivity index (χ1v) is 9.14. The van der Waals surface area contributed by atoms with Crippen molar-refractivity contribution in [2.45, 2.75) is 24.8 Å². The van der Waals surface area contributed by atoms with Gasteiger partial charge in [0, 0.05) is 11.4 Å². The second-order valence-electron chi connectivity index (χ2n) is 6.25. The van der Waals surface area contributed by atoms with Crippen molar-refractivity contribution >= 4 is 17.7 Å². The number of nitrogens with zero attached hydrogens (tertiary/aromatic N) is 1. The van der Waals surface area contributed by atoms with Gasteiger partial charge in [0.2, 0.25) is 5.91 Å². The summed E-state index contributed by atoms with van der Waals surface area (Å²) in [7, 11) is 4.07. The normalized spacial score (nSPS) is 12.2. The highest BCUT2D eigenvalue weighted by Gasteiger charge is 2.15. The van der Waals surface area contributed by atoms with Crippen molar-refractivity contribution in [2.75, 3.05) is 26.4 Å². The van der Waals surface area contributed by atoms with Crippen LogP contribution in [0.5, 0.6) is 0 Å². The van der Waals surface area contributed by atoms with Gasteiger partial charge >= 0.3 is 0 Å². The van der Waals surface area contributed by atoms with Gasteiger partial charge in [-0.15, -0.1) is 11.8 Å². The Hall–Kier alpha value is -1.78. The van der Waals surface area contributed by atoms with Crippen molar-refractivity contribution in [1.29, 1.82) is 0 Å². The van der Waals surface area contributed by atoms with Crippen molar-refractivity contribution in [3.8, 4) is 0 Å². The van der Waals surface area contributed by atoms with Gasteiger partial charge in [-0.1, -0.05) is 48.0 Å². The van der Waals surface area contributed by atoms with E-state index in [9.17, 15) is 4.79 Å². The molecule has 4 heteroatoms. The summed E-state index contributed by atoms with van der Waals surface area (Å²) in [5, 5.41) is 3.07. The van der Waals surface area contributed by atoms with Crippen LogP contribution < -0.4 is 5.32 Å². The largest absolute Gasteiger partial charge is 0.353 e. The zero-order chi connectivity index (χ0) is 17.5. The summed E-state index contributed by atoms with van der Waals surface area (Å²) in [6.07, 6.45) is 0. The quantitative estimate of drug-likeness (QED) is 0.777. The van der Waals surface area contributed by atoms with Crippen molar-refractivity contribution in [1.82, 2.24) is 10.2 Å². The summed E-state index contributed by atoms with van der Waals surface area (Å²) < 4.78 is 0. The molecule has 2 aromatic carbocycles. The maximum atomic E-state index is 12.2. The average Bonchev–Trinajstić information content (AvgIpc) is 2.56. The molecule has 0 aliphatic carbocycles. The molecular formula is C20H26N2OS. The van der Waals surface area contributed by atoms with Crippen LogP contribution in [0, 0.1) is 13.8 Å². The van der Waals surface area contributed by atoms with Gasteiger partial charge in [-0.25, -0.2) is 0 Å². The van der Waals surface area contributed by atoms with E-state index in [1.165, 1.54) is 21.6 Å². The predicted octanol–water partition coefficient (Wildman–Crippen LogP) is 3.81. The van der Waals surface area contributed by atoms with Crippen LogP contribution >= 0.6 is 11.8 Å². The van der Waals surface area contributed by atoms with Crippen LogP contribution in [0.4, 0.5) is 0 Å². The van der Waals surface area contributed by atoms with Gasteiger partial charge < -0.3 is 10.2 Å². The summed E-state index contributed by atoms with van der Waals surface area (Å²) in [6.45, 7) is 4.77. The van der Waals surface area contributed by atoms with E-state index < -0.39 is 0 Å². The molecule has 0 spiro atoms. The Morgan fingerprint density at radius 3 is 2.50 bits per heavy atom. The second kappa shape index (κ2) is 8.90. The van der Waals surface area contributed by atoms with Crippen LogP contribution in [-0.2, 0) is 4.79 Å². The summed E-state index contributed by atoms with van der Waals surface area (Å²) in [5.41, 5.74) is 3.65. The fraction of sp³-hybridized carbons (Fsp3) is 0.350. The van der Waals surface area contributed by atoms with Crippen LogP contribution in [0.2, 0.25) is 0 Å². The van der Waals surface area contributed by atoms with Gasteiger partial charge in [0.15, 0.2) is 0 Å². The molecule has 0 saturated heterocycles. The lowest BCUT2D eigenvalue weighted by atomic mass is 10.1. The number of benzene rings is 2. The van der Waals surface area contributed by atoms with E-state index >= 15 is 0 Å². The number of likely N-dealkylation sites (N-methyl/N-ethyl adjacent to an activating group) is 1. The summed E-state index contributed by atoms with van der Waals surface area (Å²) in [4.78, 5) is 15.5. The minimum absolute atomic E-state index is 0.0729. The van der Waals surface area contributed by atoms with E-state index in [0.29, 0.717) is 12.3 Å². The number of hydrogen-bond acceptors (Lipinski definition) is 3. The van der Waals surface area contributed by atoms with Gasteiger partial charge in [-0.3, -0.25) is 4.79 Å². The number of thioether (sulfide) groups is 1. The molecule has 0 aliphatic heterocycles. The third-order valence-electron chi connectivity index (χ3n) is 4.00. The Balaban J connectivity index is 1.88. The van der Waals surface area contributed by atoms with E-state index in [-0.39, 0.29) is 11.9 Å². The fourth-order valence-electron chi connectivity index (χ4n) is 2.54. The molecule has 0 bridgehead atoms. The molecule has 24 heavy (non-hydrogen) atoms. The Bertz CT molecular complexity index is 671. The summed E-state index contributed by atoms with van der Waals surface area (Å²) in [6, 6.07) is 16.8. The maximum Gasteiger partial charge on any atom is 0.230 e. The predicted molar refractivity (Wildman–Crippen MR) is 103 cm³/mol. The van der Waals surface area contributed by atoms with Gasteiger partial charge in [0.05, 0.1) is 11.8 Å². The van der Waals surface area contributed by atoms with Crippen LogP contribution in [0.1, 0.15) is 22.7 Å². The molecule has 0 fully saturated rings. The first-order valence-electron chi connectivity index (χ1n) is 8.15. The van der Waals surface area contributed by atoms with Crippen LogP contribution in [0.3, 0.4) is 0 Å². The molecule has 1 amide bonds. The van der Waals surface area contributed by atoms with Crippen molar-refractivity contribution in [2.24, 2.45) is 0 Å². The van der Waals surface area contributed by atoms with Crippen molar-refractivity contribution in [3.63, 3.8) is 0 Å². The number of aryl methyl sites for hydroxylation is 2. The lowest BCUT2D eigenvalue weighted by Crippen LogP contribution is -2.35. The summed E-state index contributed by atoms with van der Waals surface area (Å²) in [5.74, 6) is 0.517. The lowest BCUT2D eigenvalue weighted by molar-refractivity contribution is -0.118. The zero-order valence-electron chi connectivity index (χ0n) is 14.9. The molecule has 0 aromatic heterocycles. The molecule has 0 saturated carbocycles. The molecule has 1 atom stereocenters. The molecule has 3 nitrogen and oxygen atoms in total. The Morgan fingerprint density at radius 2 is 1.83 bits per heavy atom. The van der Waals surface area contributed by atoms with Gasteiger partial charge in [-0.05, 0) is 45.1 Å². The Kier molecular flexibility index (Phi) is 6.88.